The number of nitrogens with zero attached hydrogens (tertiary/aromatic N) is 1. The van der Waals surface area contributed by atoms with Crippen LogP contribution in [0.1, 0.15) is 31.0 Å². The third-order valence-corrected chi connectivity index (χ3v) is 3.14. The number of aliphatic hydroxyl groups excluding tert-OH is 1. The topological polar surface area (TPSA) is 49.5 Å². The van der Waals surface area contributed by atoms with Crippen molar-refractivity contribution in [1.29, 1.82) is 0 Å². The van der Waals surface area contributed by atoms with Gasteiger partial charge in [0.25, 0.3) is 0 Å². The molecule has 3 N–H and O–H groups in total. The summed E-state index contributed by atoms with van der Waals surface area (Å²) in [7, 11) is 3.98. The van der Waals surface area contributed by atoms with Crippen LogP contribution < -0.4 is 5.73 Å². The molecule has 102 valence electrons. The van der Waals surface area contributed by atoms with Gasteiger partial charge >= 0.3 is 0 Å². The van der Waals surface area contributed by atoms with Gasteiger partial charge in [0.15, 0.2) is 0 Å². The highest BCUT2D eigenvalue weighted by atomic mass is 16.3. The van der Waals surface area contributed by atoms with Crippen molar-refractivity contribution < 1.29 is 5.11 Å². The fourth-order valence-corrected chi connectivity index (χ4v) is 2.35. The molecule has 0 aliphatic heterocycles. The van der Waals surface area contributed by atoms with Gasteiger partial charge in [0.2, 0.25) is 0 Å². The van der Waals surface area contributed by atoms with Gasteiger partial charge in [0.1, 0.15) is 0 Å². The molecule has 0 bridgehead atoms. The van der Waals surface area contributed by atoms with Gasteiger partial charge in [-0.25, -0.2) is 0 Å². The smallest absolute Gasteiger partial charge is 0.0601 e. The lowest BCUT2D eigenvalue weighted by molar-refractivity contribution is 0.181. The summed E-state index contributed by atoms with van der Waals surface area (Å²) in [6, 6.07) is 8.38. The number of hydrogen-bond donors (Lipinski definition) is 2. The second kappa shape index (κ2) is 6.88. The Morgan fingerprint density at radius 3 is 2.11 bits per heavy atom. The first-order valence-electron chi connectivity index (χ1n) is 6.57. The predicted molar refractivity (Wildman–Crippen MR) is 76.5 cm³/mol. The van der Waals surface area contributed by atoms with Gasteiger partial charge in [-0.1, -0.05) is 38.1 Å². The average Bonchev–Trinajstić information content (AvgIpc) is 2.30. The minimum atomic E-state index is -0.254. The van der Waals surface area contributed by atoms with Crippen molar-refractivity contribution >= 4 is 0 Å². The van der Waals surface area contributed by atoms with Crippen molar-refractivity contribution in [1.82, 2.24) is 4.90 Å². The van der Waals surface area contributed by atoms with Crippen LogP contribution in [0.5, 0.6) is 0 Å². The number of likely N-dealkylation sites (N-methyl/N-ethyl adjacent to an activating group) is 1. The highest BCUT2D eigenvalue weighted by Gasteiger charge is 2.21. The van der Waals surface area contributed by atoms with Crippen LogP contribution >= 0.6 is 0 Å². The summed E-state index contributed by atoms with van der Waals surface area (Å²) in [6.45, 7) is 4.44. The lowest BCUT2D eigenvalue weighted by atomic mass is 9.96. The van der Waals surface area contributed by atoms with Crippen molar-refractivity contribution in [2.75, 3.05) is 20.7 Å². The lowest BCUT2D eigenvalue weighted by Gasteiger charge is -2.29. The number of nitrogens with two attached hydrogens (primary N) is 1. The van der Waals surface area contributed by atoms with Crippen molar-refractivity contribution in [3.8, 4) is 0 Å². The maximum absolute atomic E-state index is 9.24. The molecule has 0 saturated heterocycles. The van der Waals surface area contributed by atoms with Gasteiger partial charge in [0, 0.05) is 6.04 Å². The lowest BCUT2D eigenvalue weighted by Crippen LogP contribution is -2.39. The number of aliphatic hydroxyl groups is 1. The molecule has 0 aromatic heterocycles. The molecule has 18 heavy (non-hydrogen) atoms. The minimum Gasteiger partial charge on any atom is -0.395 e. The van der Waals surface area contributed by atoms with Crippen LogP contribution in [-0.2, 0) is 6.42 Å². The first-order chi connectivity index (χ1) is 8.45. The summed E-state index contributed by atoms with van der Waals surface area (Å²) >= 11 is 0. The molecule has 2 atom stereocenters. The maximum atomic E-state index is 9.24. The van der Waals surface area contributed by atoms with E-state index in [4.69, 9.17) is 5.73 Å². The molecule has 0 radical (unpaired) electrons. The minimum absolute atomic E-state index is 0.00338. The Morgan fingerprint density at radius 2 is 1.72 bits per heavy atom. The Morgan fingerprint density at radius 1 is 1.17 bits per heavy atom. The van der Waals surface area contributed by atoms with Crippen LogP contribution in [0.15, 0.2) is 24.3 Å². The Hall–Kier alpha value is -0.900. The molecule has 0 saturated carbocycles. The first kappa shape index (κ1) is 15.2. The van der Waals surface area contributed by atoms with E-state index in [1.807, 2.05) is 14.1 Å². The molecule has 1 aromatic rings. The molecule has 0 heterocycles. The summed E-state index contributed by atoms with van der Waals surface area (Å²) in [5.74, 6) is 0.667. The SMILES string of the molecule is CC(C)Cc1ccc(C(C(N)CO)N(C)C)cc1. The summed E-state index contributed by atoms with van der Waals surface area (Å²) in [5.41, 5.74) is 8.49. The average molecular weight is 250 g/mol. The van der Waals surface area contributed by atoms with Crippen LogP contribution in [0.25, 0.3) is 0 Å². The summed E-state index contributed by atoms with van der Waals surface area (Å²) in [4.78, 5) is 2.05. The van der Waals surface area contributed by atoms with Gasteiger partial charge in [0.05, 0.1) is 12.6 Å². The molecule has 3 nitrogen and oxygen atoms in total. The van der Waals surface area contributed by atoms with Crippen LogP contribution in [0.4, 0.5) is 0 Å². The zero-order chi connectivity index (χ0) is 13.7. The van der Waals surface area contributed by atoms with Crippen molar-refractivity contribution in [2.24, 2.45) is 11.7 Å². The maximum Gasteiger partial charge on any atom is 0.0601 e. The van der Waals surface area contributed by atoms with E-state index in [2.05, 4.69) is 43.0 Å². The zero-order valence-electron chi connectivity index (χ0n) is 11.9. The summed E-state index contributed by atoms with van der Waals surface area (Å²) in [6.07, 6.45) is 1.10. The molecule has 2 unspecified atom stereocenters. The fourth-order valence-electron chi connectivity index (χ4n) is 2.35. The zero-order valence-corrected chi connectivity index (χ0v) is 11.9. The monoisotopic (exact) mass is 250 g/mol. The highest BCUT2D eigenvalue weighted by Crippen LogP contribution is 2.22. The third-order valence-electron chi connectivity index (χ3n) is 3.14. The van der Waals surface area contributed by atoms with E-state index in [-0.39, 0.29) is 18.7 Å². The quantitative estimate of drug-likeness (QED) is 0.809. The van der Waals surface area contributed by atoms with Gasteiger partial charge in [-0.05, 0) is 37.6 Å². The van der Waals surface area contributed by atoms with E-state index in [0.29, 0.717) is 5.92 Å². The highest BCUT2D eigenvalue weighted by molar-refractivity contribution is 5.26. The Balaban J connectivity index is 2.87. The van der Waals surface area contributed by atoms with Crippen molar-refractivity contribution in [3.05, 3.63) is 35.4 Å². The Labute approximate surface area is 111 Å². The molecule has 1 rings (SSSR count). The van der Waals surface area contributed by atoms with Crippen LogP contribution in [-0.4, -0.2) is 36.8 Å². The van der Waals surface area contributed by atoms with Crippen LogP contribution in [0.2, 0.25) is 0 Å². The standard InChI is InChI=1S/C15H26N2O/c1-11(2)9-12-5-7-13(8-6-12)15(17(3)4)14(16)10-18/h5-8,11,14-15,18H,9-10,16H2,1-4H3. The van der Waals surface area contributed by atoms with E-state index in [1.54, 1.807) is 0 Å². The van der Waals surface area contributed by atoms with Gasteiger partial charge in [-0.15, -0.1) is 0 Å². The third kappa shape index (κ3) is 4.09. The second-order valence-electron chi connectivity index (χ2n) is 5.59. The Bertz CT molecular complexity index is 346. The molecular formula is C15H26N2O. The van der Waals surface area contributed by atoms with Crippen LogP contribution in [0.3, 0.4) is 0 Å². The van der Waals surface area contributed by atoms with E-state index < -0.39 is 0 Å². The van der Waals surface area contributed by atoms with E-state index in [9.17, 15) is 5.11 Å². The number of rotatable bonds is 6. The van der Waals surface area contributed by atoms with E-state index in [1.165, 1.54) is 5.56 Å². The largest absolute Gasteiger partial charge is 0.395 e. The first-order valence-corrected chi connectivity index (χ1v) is 6.57. The Kier molecular flexibility index (Phi) is 5.79. The molecule has 3 heteroatoms. The fraction of sp³-hybridized carbons (Fsp3) is 0.600. The molecule has 0 amide bonds. The van der Waals surface area contributed by atoms with E-state index in [0.717, 1.165) is 12.0 Å². The van der Waals surface area contributed by atoms with Gasteiger partial charge < -0.3 is 15.7 Å². The van der Waals surface area contributed by atoms with Gasteiger partial charge in [-0.2, -0.15) is 0 Å². The second-order valence-corrected chi connectivity index (χ2v) is 5.59. The van der Waals surface area contributed by atoms with Crippen LogP contribution in [0, 0.1) is 5.92 Å². The number of benzene rings is 1. The molecular weight excluding hydrogens is 224 g/mol. The molecule has 1 aromatic carbocycles. The molecule has 0 spiro atoms. The molecule has 0 aliphatic carbocycles. The number of hydrogen-bond acceptors (Lipinski definition) is 3. The predicted octanol–water partition coefficient (Wildman–Crippen LogP) is 1.81. The molecule has 0 aliphatic rings. The summed E-state index contributed by atoms with van der Waals surface area (Å²) in [5, 5.41) is 9.24. The molecule has 0 fully saturated rings. The van der Waals surface area contributed by atoms with Crippen molar-refractivity contribution in [3.63, 3.8) is 0 Å². The van der Waals surface area contributed by atoms with Crippen molar-refractivity contribution in [2.45, 2.75) is 32.4 Å². The van der Waals surface area contributed by atoms with E-state index >= 15 is 0 Å². The van der Waals surface area contributed by atoms with Gasteiger partial charge in [-0.3, -0.25) is 0 Å². The summed E-state index contributed by atoms with van der Waals surface area (Å²) < 4.78 is 0. The normalized spacial score (nSPS) is 15.1.